The highest BCUT2D eigenvalue weighted by Crippen LogP contribution is 2.19. The molecule has 0 aromatic carbocycles. The van der Waals surface area contributed by atoms with Gasteiger partial charge in [0.25, 0.3) is 0 Å². The molecular weight excluding hydrogens is 182 g/mol. The molecule has 0 spiro atoms. The highest BCUT2D eigenvalue weighted by Gasteiger charge is 2.09. The fourth-order valence-electron chi connectivity index (χ4n) is 2.06. The molecule has 1 aliphatic rings. The van der Waals surface area contributed by atoms with E-state index in [1.807, 2.05) is 0 Å². The molecule has 0 aliphatic heterocycles. The predicted octanol–water partition coefficient (Wildman–Crippen LogP) is 3.63. The first kappa shape index (κ1) is 12.5. The molecule has 1 aliphatic carbocycles. The first-order valence-corrected chi connectivity index (χ1v) is 6.18. The molecule has 1 heteroatoms. The Balaban J connectivity index is 2.40. The zero-order chi connectivity index (χ0) is 11.3. The lowest BCUT2D eigenvalue weighted by Gasteiger charge is -2.23. The Bertz CT molecular complexity index is 250. The van der Waals surface area contributed by atoms with Crippen LogP contribution in [0.4, 0.5) is 0 Å². The van der Waals surface area contributed by atoms with Crippen molar-refractivity contribution in [3.63, 3.8) is 0 Å². The number of hydrogen-bond donors (Lipinski definition) is 0. The van der Waals surface area contributed by atoms with Crippen molar-refractivity contribution in [2.75, 3.05) is 20.1 Å². The van der Waals surface area contributed by atoms with E-state index in [9.17, 15) is 0 Å². The Kier molecular flexibility index (Phi) is 5.10. The van der Waals surface area contributed by atoms with Gasteiger partial charge in [-0.3, -0.25) is 0 Å². The van der Waals surface area contributed by atoms with Gasteiger partial charge in [0, 0.05) is 13.1 Å². The lowest BCUT2D eigenvalue weighted by molar-refractivity contribution is 0.302. The second-order valence-corrected chi connectivity index (χ2v) is 4.90. The van der Waals surface area contributed by atoms with Crippen molar-refractivity contribution in [2.24, 2.45) is 5.92 Å². The van der Waals surface area contributed by atoms with Gasteiger partial charge in [-0.15, -0.1) is 0 Å². The van der Waals surface area contributed by atoms with Crippen molar-refractivity contribution in [3.05, 3.63) is 23.3 Å². The van der Waals surface area contributed by atoms with Gasteiger partial charge in [-0.1, -0.05) is 38.0 Å². The van der Waals surface area contributed by atoms with E-state index in [0.29, 0.717) is 0 Å². The Labute approximate surface area is 94.9 Å². The van der Waals surface area contributed by atoms with Crippen LogP contribution in [-0.4, -0.2) is 25.0 Å². The van der Waals surface area contributed by atoms with Crippen LogP contribution in [0.25, 0.3) is 0 Å². The first-order valence-electron chi connectivity index (χ1n) is 6.18. The zero-order valence-corrected chi connectivity index (χ0v) is 10.7. The third-order valence-electron chi connectivity index (χ3n) is 3.27. The molecule has 0 saturated carbocycles. The molecule has 1 atom stereocenters. The fraction of sp³-hybridized carbons (Fsp3) is 0.714. The minimum Gasteiger partial charge on any atom is -0.302 e. The zero-order valence-electron chi connectivity index (χ0n) is 10.7. The summed E-state index contributed by atoms with van der Waals surface area (Å²) in [5, 5.41) is 0. The van der Waals surface area contributed by atoms with Gasteiger partial charge in [0.05, 0.1) is 0 Å². The van der Waals surface area contributed by atoms with Gasteiger partial charge in [-0.2, -0.15) is 0 Å². The highest BCUT2D eigenvalue weighted by atomic mass is 15.1. The van der Waals surface area contributed by atoms with E-state index < -0.39 is 0 Å². The molecular formula is C14H25N. The lowest BCUT2D eigenvalue weighted by Crippen LogP contribution is -2.26. The minimum absolute atomic E-state index is 0.809. The number of likely N-dealkylation sites (N-methyl/N-ethyl adjacent to an activating group) is 1. The summed E-state index contributed by atoms with van der Waals surface area (Å²) in [5.74, 6) is 0.809. The minimum atomic E-state index is 0.809. The monoisotopic (exact) mass is 207 g/mol. The van der Waals surface area contributed by atoms with Crippen molar-refractivity contribution in [1.29, 1.82) is 0 Å². The molecule has 1 unspecified atom stereocenters. The largest absolute Gasteiger partial charge is 0.302 e. The van der Waals surface area contributed by atoms with Crippen LogP contribution in [0.3, 0.4) is 0 Å². The summed E-state index contributed by atoms with van der Waals surface area (Å²) in [6, 6.07) is 0. The van der Waals surface area contributed by atoms with Crippen LogP contribution in [0.2, 0.25) is 0 Å². The second-order valence-electron chi connectivity index (χ2n) is 4.90. The van der Waals surface area contributed by atoms with Crippen molar-refractivity contribution in [3.8, 4) is 0 Å². The van der Waals surface area contributed by atoms with E-state index in [1.54, 1.807) is 0 Å². The van der Waals surface area contributed by atoms with Crippen LogP contribution in [0.1, 0.15) is 40.0 Å². The fourth-order valence-corrected chi connectivity index (χ4v) is 2.06. The van der Waals surface area contributed by atoms with Gasteiger partial charge >= 0.3 is 0 Å². The van der Waals surface area contributed by atoms with Gasteiger partial charge in [-0.05, 0) is 38.3 Å². The van der Waals surface area contributed by atoms with E-state index in [-0.39, 0.29) is 0 Å². The van der Waals surface area contributed by atoms with Crippen LogP contribution in [0, 0.1) is 5.92 Å². The molecule has 0 amide bonds. The second kappa shape index (κ2) is 6.12. The predicted molar refractivity (Wildman–Crippen MR) is 68.0 cm³/mol. The van der Waals surface area contributed by atoms with Crippen molar-refractivity contribution < 1.29 is 0 Å². The smallest absolute Gasteiger partial charge is 0.0230 e. The quantitative estimate of drug-likeness (QED) is 0.665. The molecule has 1 rings (SSSR count). The molecule has 0 aromatic rings. The standard InChI is InChI=1S/C14H25N/c1-5-12(2)10-15(4)11-14-9-7-6-8-13(14)3/h8-9,12H,5-7,10-11H2,1-4H3. The number of nitrogens with zero attached hydrogens (tertiary/aromatic N) is 1. The molecule has 15 heavy (non-hydrogen) atoms. The van der Waals surface area contributed by atoms with E-state index in [4.69, 9.17) is 0 Å². The third-order valence-corrected chi connectivity index (χ3v) is 3.27. The maximum Gasteiger partial charge on any atom is 0.0230 e. The van der Waals surface area contributed by atoms with Crippen molar-refractivity contribution in [2.45, 2.75) is 40.0 Å². The Morgan fingerprint density at radius 1 is 1.33 bits per heavy atom. The van der Waals surface area contributed by atoms with E-state index in [2.05, 4.69) is 44.9 Å². The van der Waals surface area contributed by atoms with Crippen LogP contribution in [0.15, 0.2) is 23.3 Å². The van der Waals surface area contributed by atoms with Crippen molar-refractivity contribution >= 4 is 0 Å². The van der Waals surface area contributed by atoms with Gasteiger partial charge in [0.15, 0.2) is 0 Å². The average molecular weight is 207 g/mol. The van der Waals surface area contributed by atoms with Gasteiger partial charge < -0.3 is 4.90 Å². The van der Waals surface area contributed by atoms with E-state index in [0.717, 1.165) is 12.5 Å². The number of allylic oxidation sites excluding steroid dienone is 2. The van der Waals surface area contributed by atoms with Gasteiger partial charge in [0.2, 0.25) is 0 Å². The van der Waals surface area contributed by atoms with Crippen molar-refractivity contribution in [1.82, 2.24) is 4.90 Å². The summed E-state index contributed by atoms with van der Waals surface area (Å²) in [5.41, 5.74) is 3.02. The summed E-state index contributed by atoms with van der Waals surface area (Å²) < 4.78 is 0. The van der Waals surface area contributed by atoms with Gasteiger partial charge in [0.1, 0.15) is 0 Å². The molecule has 86 valence electrons. The summed E-state index contributed by atoms with van der Waals surface area (Å²) in [7, 11) is 2.23. The summed E-state index contributed by atoms with van der Waals surface area (Å²) in [6.07, 6.45) is 8.50. The molecule has 0 radical (unpaired) electrons. The molecule has 0 fully saturated rings. The SMILES string of the molecule is CCC(C)CN(C)CC1=CCCC=C1C. The Hall–Kier alpha value is -0.560. The maximum absolute atomic E-state index is 2.45. The molecule has 0 bridgehead atoms. The molecule has 0 aromatic heterocycles. The third kappa shape index (κ3) is 4.21. The number of rotatable bonds is 5. The van der Waals surface area contributed by atoms with Crippen LogP contribution in [-0.2, 0) is 0 Å². The molecule has 1 nitrogen and oxygen atoms in total. The Morgan fingerprint density at radius 2 is 2.00 bits per heavy atom. The van der Waals surface area contributed by atoms with E-state index >= 15 is 0 Å². The van der Waals surface area contributed by atoms with Crippen LogP contribution in [0.5, 0.6) is 0 Å². The maximum atomic E-state index is 2.45. The Morgan fingerprint density at radius 3 is 2.60 bits per heavy atom. The van der Waals surface area contributed by atoms with E-state index in [1.165, 1.54) is 37.0 Å². The first-order chi connectivity index (χ1) is 7.13. The number of hydrogen-bond acceptors (Lipinski definition) is 1. The topological polar surface area (TPSA) is 3.24 Å². The average Bonchev–Trinajstić information content (AvgIpc) is 2.21. The summed E-state index contributed by atoms with van der Waals surface area (Å²) in [4.78, 5) is 2.45. The van der Waals surface area contributed by atoms with Crippen LogP contribution < -0.4 is 0 Å². The molecule has 0 saturated heterocycles. The molecule has 0 heterocycles. The highest BCUT2D eigenvalue weighted by molar-refractivity contribution is 5.32. The normalized spacial score (nSPS) is 18.7. The summed E-state index contributed by atoms with van der Waals surface area (Å²) >= 11 is 0. The summed E-state index contributed by atoms with van der Waals surface area (Å²) in [6.45, 7) is 9.16. The lowest BCUT2D eigenvalue weighted by atomic mass is 9.98. The van der Waals surface area contributed by atoms with Crippen LogP contribution >= 0.6 is 0 Å². The van der Waals surface area contributed by atoms with Gasteiger partial charge in [-0.25, -0.2) is 0 Å². The molecule has 0 N–H and O–H groups in total.